The highest BCUT2D eigenvalue weighted by molar-refractivity contribution is 5.77. The maximum Gasteiger partial charge on any atom is 0.439 e. The van der Waals surface area contributed by atoms with Crippen molar-refractivity contribution in [3.63, 3.8) is 0 Å². The molecule has 0 unspecified atom stereocenters. The van der Waals surface area contributed by atoms with Crippen molar-refractivity contribution in [1.82, 2.24) is 33.7 Å². The van der Waals surface area contributed by atoms with Gasteiger partial charge in [0.1, 0.15) is 5.82 Å². The fourth-order valence-electron chi connectivity index (χ4n) is 4.82. The Labute approximate surface area is 217 Å². The molecule has 0 amide bonds. The monoisotopic (exact) mass is 509 g/mol. The van der Waals surface area contributed by atoms with Gasteiger partial charge < -0.3 is 9.47 Å². The van der Waals surface area contributed by atoms with Gasteiger partial charge in [0, 0.05) is 18.7 Å². The molecule has 0 atom stereocenters. The number of hydrogen-bond acceptors (Lipinski definition) is 6. The van der Waals surface area contributed by atoms with Crippen LogP contribution in [0.15, 0.2) is 86.9 Å². The molecule has 6 rings (SSSR count). The normalized spacial score (nSPS) is 11.8. The van der Waals surface area contributed by atoms with E-state index < -0.39 is 5.76 Å². The van der Waals surface area contributed by atoms with E-state index in [1.54, 1.807) is 9.13 Å². The summed E-state index contributed by atoms with van der Waals surface area (Å²) < 4.78 is 10.4. The highest BCUT2D eigenvalue weighted by Gasteiger charge is 2.18. The van der Waals surface area contributed by atoms with E-state index in [1.165, 1.54) is 0 Å². The maximum absolute atomic E-state index is 13.8. The topological polar surface area (TPSA) is 107 Å². The lowest BCUT2D eigenvalue weighted by Crippen LogP contribution is -2.27. The summed E-state index contributed by atoms with van der Waals surface area (Å²) in [5.41, 5.74) is 5.29. The van der Waals surface area contributed by atoms with Crippen molar-refractivity contribution >= 4 is 22.1 Å². The lowest BCUT2D eigenvalue weighted by Gasteiger charge is -2.13. The minimum Gasteiger partial charge on any atom is -0.325 e. The molecule has 1 N–H and O–H groups in total. The van der Waals surface area contributed by atoms with Crippen molar-refractivity contribution in [2.75, 3.05) is 20.6 Å². The van der Waals surface area contributed by atoms with Gasteiger partial charge in [-0.25, -0.2) is 14.6 Å². The van der Waals surface area contributed by atoms with Crippen molar-refractivity contribution in [2.45, 2.75) is 19.6 Å². The van der Waals surface area contributed by atoms with E-state index >= 15 is 0 Å². The van der Waals surface area contributed by atoms with Crippen LogP contribution in [0.3, 0.4) is 0 Å². The number of rotatable bonds is 8. The van der Waals surface area contributed by atoms with Crippen LogP contribution in [0.2, 0.25) is 0 Å². The molecule has 3 aromatic heterocycles. The lowest BCUT2D eigenvalue weighted by atomic mass is 10.1. The molecule has 3 aromatic carbocycles. The van der Waals surface area contributed by atoms with Crippen molar-refractivity contribution < 1.29 is 4.52 Å². The Kier molecular flexibility index (Phi) is 6.01. The number of hydrogen-bond donors (Lipinski definition) is 1. The number of aromatic amines is 1. The van der Waals surface area contributed by atoms with Gasteiger partial charge in [0.25, 0.3) is 0 Å². The number of aromatic nitrogens is 6. The van der Waals surface area contributed by atoms with E-state index in [9.17, 15) is 9.59 Å². The molecular weight excluding hydrogens is 482 g/mol. The molecule has 0 saturated carbocycles. The molecule has 0 bridgehead atoms. The summed E-state index contributed by atoms with van der Waals surface area (Å²) in [4.78, 5) is 34.7. The largest absolute Gasteiger partial charge is 0.439 e. The summed E-state index contributed by atoms with van der Waals surface area (Å²) in [6.07, 6.45) is 0. The average molecular weight is 510 g/mol. The summed E-state index contributed by atoms with van der Waals surface area (Å²) in [6.45, 7) is 2.41. The predicted molar refractivity (Wildman–Crippen MR) is 145 cm³/mol. The minimum atomic E-state index is -0.598. The van der Waals surface area contributed by atoms with Gasteiger partial charge in [-0.1, -0.05) is 53.7 Å². The van der Waals surface area contributed by atoms with Crippen LogP contribution in [-0.4, -0.2) is 54.4 Å². The van der Waals surface area contributed by atoms with Crippen molar-refractivity contribution in [3.05, 3.63) is 105 Å². The van der Waals surface area contributed by atoms with Crippen LogP contribution in [0.4, 0.5) is 0 Å². The minimum absolute atomic E-state index is 0.0951. The SMILES string of the molecule is CN(C)CCn1c(Cn2c(=O)n(Cc3ccc(-c4noc(=O)[nH]4)cc3)c3ccccc32)nc2ccccc21. The predicted octanol–water partition coefficient (Wildman–Crippen LogP) is 3.15. The first kappa shape index (κ1) is 23.7. The van der Waals surface area contributed by atoms with Crippen molar-refractivity contribution in [3.8, 4) is 11.4 Å². The third-order valence-electron chi connectivity index (χ3n) is 6.74. The number of H-pyrrole nitrogens is 1. The highest BCUT2D eigenvalue weighted by Crippen LogP contribution is 2.21. The van der Waals surface area contributed by atoms with Crippen LogP contribution in [0.5, 0.6) is 0 Å². The van der Waals surface area contributed by atoms with E-state index in [0.29, 0.717) is 18.9 Å². The first-order chi connectivity index (χ1) is 18.5. The number of nitrogens with zero attached hydrogens (tertiary/aromatic N) is 6. The Morgan fingerprint density at radius 1 is 0.816 bits per heavy atom. The lowest BCUT2D eigenvalue weighted by molar-refractivity contribution is 0.382. The number of benzene rings is 3. The first-order valence-electron chi connectivity index (χ1n) is 12.4. The van der Waals surface area contributed by atoms with Crippen LogP contribution >= 0.6 is 0 Å². The van der Waals surface area contributed by atoms with Gasteiger partial charge in [-0.15, -0.1) is 0 Å². The summed E-state index contributed by atoms with van der Waals surface area (Å²) in [6, 6.07) is 23.5. The van der Waals surface area contributed by atoms with E-state index in [2.05, 4.69) is 44.3 Å². The molecule has 0 saturated heterocycles. The Morgan fingerprint density at radius 3 is 2.13 bits per heavy atom. The zero-order valence-corrected chi connectivity index (χ0v) is 21.2. The molecule has 0 radical (unpaired) electrons. The zero-order valence-electron chi connectivity index (χ0n) is 21.2. The van der Waals surface area contributed by atoms with Crippen molar-refractivity contribution in [1.29, 1.82) is 0 Å². The van der Waals surface area contributed by atoms with Gasteiger partial charge in [-0.05, 0) is 43.9 Å². The number of nitrogens with one attached hydrogen (secondary N) is 1. The average Bonchev–Trinajstić information content (AvgIpc) is 3.58. The quantitative estimate of drug-likeness (QED) is 0.338. The van der Waals surface area contributed by atoms with E-state index in [-0.39, 0.29) is 5.69 Å². The summed E-state index contributed by atoms with van der Waals surface area (Å²) in [5.74, 6) is 0.621. The van der Waals surface area contributed by atoms with Gasteiger partial charge in [0.2, 0.25) is 0 Å². The van der Waals surface area contributed by atoms with Gasteiger partial charge in [0.05, 0.1) is 35.2 Å². The number of imidazole rings is 2. The molecule has 0 fully saturated rings. The Morgan fingerprint density at radius 2 is 1.47 bits per heavy atom. The second kappa shape index (κ2) is 9.64. The molecule has 0 aliphatic heterocycles. The Bertz CT molecular complexity index is 1850. The molecule has 0 spiro atoms. The second-order valence-corrected chi connectivity index (χ2v) is 9.56. The molecule has 192 valence electrons. The molecule has 0 aliphatic rings. The Balaban J connectivity index is 1.37. The van der Waals surface area contributed by atoms with E-state index in [0.717, 1.165) is 52.1 Å². The molecular formula is C28H27N7O3. The number of para-hydroxylation sites is 4. The molecule has 3 heterocycles. The summed E-state index contributed by atoms with van der Waals surface area (Å²) in [5, 5.41) is 3.73. The summed E-state index contributed by atoms with van der Waals surface area (Å²) in [7, 11) is 4.10. The zero-order chi connectivity index (χ0) is 26.2. The fraction of sp³-hybridized carbons (Fsp3) is 0.214. The molecule has 10 heteroatoms. The standard InChI is InChI=1S/C28H27N7O3/c1-32(2)15-16-33-22-8-4-3-7-21(22)29-25(33)18-35-24-10-6-5-9-23(24)34(28(35)37)17-19-11-13-20(14-12-19)26-30-27(36)38-31-26/h3-14H,15-18H2,1-2H3,(H,30,31,36). The second-order valence-electron chi connectivity index (χ2n) is 9.56. The molecule has 38 heavy (non-hydrogen) atoms. The van der Waals surface area contributed by atoms with Crippen LogP contribution in [-0.2, 0) is 19.6 Å². The smallest absolute Gasteiger partial charge is 0.325 e. The van der Waals surface area contributed by atoms with Crippen molar-refractivity contribution in [2.24, 2.45) is 0 Å². The van der Waals surface area contributed by atoms with Gasteiger partial charge in [-0.2, -0.15) is 0 Å². The van der Waals surface area contributed by atoms with Gasteiger partial charge in [0.15, 0.2) is 5.82 Å². The third-order valence-corrected chi connectivity index (χ3v) is 6.74. The van der Waals surface area contributed by atoms with Crippen LogP contribution in [0.1, 0.15) is 11.4 Å². The van der Waals surface area contributed by atoms with Crippen LogP contribution in [0, 0.1) is 0 Å². The summed E-state index contributed by atoms with van der Waals surface area (Å²) >= 11 is 0. The fourth-order valence-corrected chi connectivity index (χ4v) is 4.82. The Hall–Kier alpha value is -4.70. The van der Waals surface area contributed by atoms with Crippen LogP contribution in [0.25, 0.3) is 33.5 Å². The van der Waals surface area contributed by atoms with Gasteiger partial charge >= 0.3 is 11.4 Å². The maximum atomic E-state index is 13.8. The number of fused-ring (bicyclic) bond motifs is 2. The van der Waals surface area contributed by atoms with Crippen LogP contribution < -0.4 is 11.4 Å². The van der Waals surface area contributed by atoms with E-state index in [4.69, 9.17) is 4.98 Å². The molecule has 6 aromatic rings. The van der Waals surface area contributed by atoms with Gasteiger partial charge in [-0.3, -0.25) is 18.6 Å². The van der Waals surface area contributed by atoms with E-state index in [1.807, 2.05) is 66.7 Å². The molecule has 10 nitrogen and oxygen atoms in total. The highest BCUT2D eigenvalue weighted by atomic mass is 16.5. The third kappa shape index (κ3) is 4.35. The molecule has 0 aliphatic carbocycles. The number of likely N-dealkylation sites (N-methyl/N-ethyl adjacent to an activating group) is 1. The first-order valence-corrected chi connectivity index (χ1v) is 12.4.